The minimum absolute atomic E-state index is 0.148. The average molecular weight is 344 g/mol. The van der Waals surface area contributed by atoms with E-state index in [0.717, 1.165) is 21.6 Å². The van der Waals surface area contributed by atoms with E-state index in [4.69, 9.17) is 0 Å². The third-order valence-corrected chi connectivity index (χ3v) is 5.73. The number of imidazole rings is 1. The van der Waals surface area contributed by atoms with Crippen molar-refractivity contribution < 1.29 is 8.42 Å². The summed E-state index contributed by atoms with van der Waals surface area (Å²) in [6.45, 7) is 1.91. The van der Waals surface area contributed by atoms with Gasteiger partial charge in [-0.15, -0.1) is 11.3 Å². The van der Waals surface area contributed by atoms with Gasteiger partial charge >= 0.3 is 0 Å². The van der Waals surface area contributed by atoms with E-state index >= 15 is 0 Å². The van der Waals surface area contributed by atoms with Crippen LogP contribution in [0.25, 0.3) is 15.9 Å². The Bertz CT molecular complexity index is 1130. The fraction of sp³-hybridized carbons (Fsp3) is 0.0667. The first-order chi connectivity index (χ1) is 11.0. The number of sulfonamides is 1. The second kappa shape index (κ2) is 5.04. The van der Waals surface area contributed by atoms with Gasteiger partial charge in [-0.3, -0.25) is 9.71 Å². The maximum absolute atomic E-state index is 12.6. The highest BCUT2D eigenvalue weighted by Gasteiger charge is 2.16. The summed E-state index contributed by atoms with van der Waals surface area (Å²) in [6, 6.07) is 6.96. The van der Waals surface area contributed by atoms with Crippen LogP contribution in [-0.2, 0) is 10.0 Å². The SMILES string of the molecule is Cc1cnc2ccc(NS(=O)(=O)c3cnc4ccsc4c3)cn12. The molecule has 0 atom stereocenters. The predicted molar refractivity (Wildman–Crippen MR) is 90.4 cm³/mol. The van der Waals surface area contributed by atoms with Gasteiger partial charge in [-0.2, -0.15) is 0 Å². The van der Waals surface area contributed by atoms with Crippen LogP contribution in [0.15, 0.2) is 53.1 Å². The summed E-state index contributed by atoms with van der Waals surface area (Å²) in [5, 5.41) is 1.89. The normalized spacial score (nSPS) is 12.0. The zero-order valence-electron chi connectivity index (χ0n) is 12.1. The number of pyridine rings is 2. The van der Waals surface area contributed by atoms with Crippen LogP contribution in [0.4, 0.5) is 5.69 Å². The molecule has 1 N–H and O–H groups in total. The molecule has 0 unspecified atom stereocenters. The summed E-state index contributed by atoms with van der Waals surface area (Å²) >= 11 is 1.46. The number of aromatic nitrogens is 3. The van der Waals surface area contributed by atoms with E-state index in [2.05, 4.69) is 14.7 Å². The molecule has 0 saturated heterocycles. The maximum Gasteiger partial charge on any atom is 0.263 e. The number of rotatable bonds is 3. The smallest absolute Gasteiger partial charge is 0.263 e. The number of hydrogen-bond donors (Lipinski definition) is 1. The number of nitrogens with zero attached hydrogens (tertiary/aromatic N) is 3. The molecule has 0 aliphatic heterocycles. The van der Waals surface area contributed by atoms with Crippen molar-refractivity contribution in [2.24, 2.45) is 0 Å². The molecule has 4 heterocycles. The Morgan fingerprint density at radius 2 is 2.04 bits per heavy atom. The first kappa shape index (κ1) is 14.2. The Labute approximate surface area is 136 Å². The molecule has 0 amide bonds. The molecule has 0 aromatic carbocycles. The lowest BCUT2D eigenvalue weighted by molar-refractivity contribution is 0.601. The quantitative estimate of drug-likeness (QED) is 0.620. The summed E-state index contributed by atoms with van der Waals surface area (Å²) in [4.78, 5) is 8.55. The fourth-order valence-corrected chi connectivity index (χ4v) is 4.22. The van der Waals surface area contributed by atoms with E-state index < -0.39 is 10.0 Å². The van der Waals surface area contributed by atoms with Crippen LogP contribution >= 0.6 is 11.3 Å². The fourth-order valence-electron chi connectivity index (χ4n) is 2.35. The van der Waals surface area contributed by atoms with Gasteiger partial charge in [0.25, 0.3) is 10.0 Å². The van der Waals surface area contributed by atoms with Gasteiger partial charge in [-0.25, -0.2) is 13.4 Å². The van der Waals surface area contributed by atoms with Crippen molar-refractivity contribution in [3.05, 3.63) is 53.9 Å². The van der Waals surface area contributed by atoms with Crippen LogP contribution in [0.2, 0.25) is 0 Å². The third kappa shape index (κ3) is 2.45. The van der Waals surface area contributed by atoms with Gasteiger partial charge in [-0.05, 0) is 36.6 Å². The van der Waals surface area contributed by atoms with Crippen LogP contribution in [0.1, 0.15) is 5.69 Å². The summed E-state index contributed by atoms with van der Waals surface area (Å²) in [5.74, 6) is 0. The van der Waals surface area contributed by atoms with Crippen molar-refractivity contribution in [2.45, 2.75) is 11.8 Å². The van der Waals surface area contributed by atoms with Crippen LogP contribution < -0.4 is 4.72 Å². The van der Waals surface area contributed by atoms with Crippen molar-refractivity contribution in [3.63, 3.8) is 0 Å². The van der Waals surface area contributed by atoms with Crippen molar-refractivity contribution in [1.82, 2.24) is 14.4 Å². The lowest BCUT2D eigenvalue weighted by Crippen LogP contribution is -2.13. The molecule has 0 aliphatic carbocycles. The molecular formula is C15H12N4O2S2. The minimum Gasteiger partial charge on any atom is -0.302 e. The molecule has 0 radical (unpaired) electrons. The molecule has 0 aliphatic rings. The average Bonchev–Trinajstić information content (AvgIpc) is 3.13. The summed E-state index contributed by atoms with van der Waals surface area (Å²) in [5.41, 5.74) is 2.98. The van der Waals surface area contributed by atoms with Gasteiger partial charge in [0.2, 0.25) is 0 Å². The van der Waals surface area contributed by atoms with Gasteiger partial charge in [0, 0.05) is 24.3 Å². The predicted octanol–water partition coefficient (Wildman–Crippen LogP) is 3.05. The van der Waals surface area contributed by atoms with Gasteiger partial charge in [0.1, 0.15) is 10.5 Å². The van der Waals surface area contributed by atoms with Crippen LogP contribution in [-0.4, -0.2) is 22.8 Å². The molecule has 23 heavy (non-hydrogen) atoms. The van der Waals surface area contributed by atoms with Gasteiger partial charge in [0.15, 0.2) is 0 Å². The largest absolute Gasteiger partial charge is 0.302 e. The number of fused-ring (bicyclic) bond motifs is 2. The van der Waals surface area contributed by atoms with Gasteiger partial charge in [0.05, 0.1) is 15.9 Å². The van der Waals surface area contributed by atoms with Crippen molar-refractivity contribution in [1.29, 1.82) is 0 Å². The van der Waals surface area contributed by atoms with Crippen molar-refractivity contribution in [2.75, 3.05) is 4.72 Å². The number of thiophene rings is 1. The van der Waals surface area contributed by atoms with E-state index in [0.29, 0.717) is 5.69 Å². The van der Waals surface area contributed by atoms with Crippen LogP contribution in [0.3, 0.4) is 0 Å². The lowest BCUT2D eigenvalue weighted by atomic mass is 10.4. The molecule has 0 spiro atoms. The minimum atomic E-state index is -3.69. The highest BCUT2D eigenvalue weighted by atomic mass is 32.2. The molecule has 4 rings (SSSR count). The number of aryl methyl sites for hydroxylation is 1. The van der Waals surface area contributed by atoms with E-state index in [1.165, 1.54) is 17.5 Å². The Morgan fingerprint density at radius 3 is 2.91 bits per heavy atom. The summed E-state index contributed by atoms with van der Waals surface area (Å²) in [7, 11) is -3.69. The van der Waals surface area contributed by atoms with E-state index in [1.54, 1.807) is 30.6 Å². The molecule has 8 heteroatoms. The molecule has 4 aromatic rings. The first-order valence-electron chi connectivity index (χ1n) is 6.83. The zero-order valence-corrected chi connectivity index (χ0v) is 13.7. The monoisotopic (exact) mass is 344 g/mol. The van der Waals surface area contributed by atoms with E-state index in [1.807, 2.05) is 22.8 Å². The highest BCUT2D eigenvalue weighted by molar-refractivity contribution is 7.92. The topological polar surface area (TPSA) is 76.4 Å². The Hall–Kier alpha value is -2.45. The van der Waals surface area contributed by atoms with Crippen molar-refractivity contribution >= 4 is 42.9 Å². The maximum atomic E-state index is 12.6. The van der Waals surface area contributed by atoms with Gasteiger partial charge in [-0.1, -0.05) is 0 Å². The second-order valence-corrected chi connectivity index (χ2v) is 7.76. The molecule has 0 fully saturated rings. The van der Waals surface area contributed by atoms with Gasteiger partial charge < -0.3 is 4.40 Å². The standard InChI is InChI=1S/C15H12N4O2S2/c1-10-7-17-15-3-2-11(9-19(10)15)18-23(20,21)12-6-14-13(16-8-12)4-5-22-14/h2-9,18H,1H3. The molecule has 116 valence electrons. The van der Waals surface area contributed by atoms with Crippen LogP contribution in [0.5, 0.6) is 0 Å². The summed E-state index contributed by atoms with van der Waals surface area (Å²) in [6.07, 6.45) is 4.83. The summed E-state index contributed by atoms with van der Waals surface area (Å²) < 4.78 is 30.4. The van der Waals surface area contributed by atoms with E-state index in [9.17, 15) is 8.42 Å². The number of nitrogens with one attached hydrogen (secondary N) is 1. The zero-order chi connectivity index (χ0) is 16.0. The van der Waals surface area contributed by atoms with Crippen molar-refractivity contribution in [3.8, 4) is 0 Å². The molecule has 6 nitrogen and oxygen atoms in total. The Morgan fingerprint density at radius 1 is 1.17 bits per heavy atom. The van der Waals surface area contributed by atoms with Crippen LogP contribution in [0, 0.1) is 6.92 Å². The molecule has 0 saturated carbocycles. The van der Waals surface area contributed by atoms with E-state index in [-0.39, 0.29) is 4.90 Å². The first-order valence-corrected chi connectivity index (χ1v) is 9.19. The number of hydrogen-bond acceptors (Lipinski definition) is 5. The Kier molecular flexibility index (Phi) is 3.10. The highest BCUT2D eigenvalue weighted by Crippen LogP contribution is 2.23. The second-order valence-electron chi connectivity index (χ2n) is 5.13. The molecular weight excluding hydrogens is 332 g/mol. The number of anilines is 1. The molecule has 0 bridgehead atoms. The molecule has 4 aromatic heterocycles. The Balaban J connectivity index is 1.73. The lowest BCUT2D eigenvalue weighted by Gasteiger charge is -2.08. The third-order valence-electron chi connectivity index (χ3n) is 3.53.